The van der Waals surface area contributed by atoms with Gasteiger partial charge in [0, 0.05) is 12.2 Å². The zero-order chi connectivity index (χ0) is 17.7. The number of aryl methyl sites for hydroxylation is 1. The summed E-state index contributed by atoms with van der Waals surface area (Å²) in [5, 5.41) is 4.99. The van der Waals surface area contributed by atoms with Crippen LogP contribution in [0.25, 0.3) is 0 Å². The van der Waals surface area contributed by atoms with Gasteiger partial charge in [-0.25, -0.2) is 0 Å². The van der Waals surface area contributed by atoms with Gasteiger partial charge in [0.25, 0.3) is 0 Å². The van der Waals surface area contributed by atoms with E-state index < -0.39 is 11.7 Å². The zero-order valence-electron chi connectivity index (χ0n) is 12.9. The van der Waals surface area contributed by atoms with E-state index >= 15 is 0 Å². The highest BCUT2D eigenvalue weighted by molar-refractivity contribution is 6.31. The summed E-state index contributed by atoms with van der Waals surface area (Å²) in [5.74, 6) is -0.319. The Balaban J connectivity index is 1.90. The van der Waals surface area contributed by atoms with Crippen LogP contribution in [0.1, 0.15) is 16.7 Å². The molecule has 0 heterocycles. The molecule has 2 N–H and O–H groups in total. The molecule has 0 radical (unpaired) electrons. The molecule has 0 saturated heterocycles. The van der Waals surface area contributed by atoms with Gasteiger partial charge in [-0.3, -0.25) is 4.79 Å². The predicted molar refractivity (Wildman–Crippen MR) is 88.0 cm³/mol. The summed E-state index contributed by atoms with van der Waals surface area (Å²) in [7, 11) is 0. The van der Waals surface area contributed by atoms with E-state index in [-0.39, 0.29) is 23.2 Å². The van der Waals surface area contributed by atoms with E-state index in [0.29, 0.717) is 6.54 Å². The molecule has 7 heteroatoms. The number of alkyl halides is 3. The van der Waals surface area contributed by atoms with E-state index in [1.807, 2.05) is 31.2 Å². The Morgan fingerprint density at radius 1 is 1.17 bits per heavy atom. The van der Waals surface area contributed by atoms with Gasteiger partial charge in [0.15, 0.2) is 0 Å². The number of nitrogens with one attached hydrogen (secondary N) is 2. The van der Waals surface area contributed by atoms with Crippen molar-refractivity contribution in [1.29, 1.82) is 0 Å². The lowest BCUT2D eigenvalue weighted by molar-refractivity contribution is -0.137. The Bertz CT molecular complexity index is 732. The molecule has 0 fully saturated rings. The molecule has 0 aromatic heterocycles. The molecule has 0 spiro atoms. The second-order valence-corrected chi connectivity index (χ2v) is 5.72. The molecule has 0 aliphatic rings. The standard InChI is InChI=1S/C17H16ClF3N2O/c1-11-3-2-4-12(7-11)9-23-16(24)10-22-13-5-6-15(18)14(8-13)17(19,20)21/h2-8,22H,9-10H2,1H3,(H,23,24). The van der Waals surface area contributed by atoms with E-state index in [1.54, 1.807) is 0 Å². The summed E-state index contributed by atoms with van der Waals surface area (Å²) < 4.78 is 38.3. The molecular formula is C17H16ClF3N2O. The van der Waals surface area contributed by atoms with Crippen LogP contribution < -0.4 is 10.6 Å². The number of carbonyl (C=O) groups excluding carboxylic acids is 1. The Morgan fingerprint density at radius 2 is 1.92 bits per heavy atom. The van der Waals surface area contributed by atoms with Gasteiger partial charge in [-0.2, -0.15) is 13.2 Å². The van der Waals surface area contributed by atoms with E-state index in [9.17, 15) is 18.0 Å². The van der Waals surface area contributed by atoms with Crippen molar-refractivity contribution in [3.63, 3.8) is 0 Å². The molecule has 128 valence electrons. The van der Waals surface area contributed by atoms with E-state index in [2.05, 4.69) is 10.6 Å². The van der Waals surface area contributed by atoms with Crippen molar-refractivity contribution >= 4 is 23.2 Å². The average Bonchev–Trinajstić information content (AvgIpc) is 2.51. The third kappa shape index (κ3) is 5.16. The van der Waals surface area contributed by atoms with Crippen LogP contribution >= 0.6 is 11.6 Å². The first kappa shape index (κ1) is 18.1. The van der Waals surface area contributed by atoms with Crippen molar-refractivity contribution in [3.05, 3.63) is 64.2 Å². The monoisotopic (exact) mass is 356 g/mol. The third-order valence-electron chi connectivity index (χ3n) is 3.30. The second-order valence-electron chi connectivity index (χ2n) is 5.31. The molecule has 24 heavy (non-hydrogen) atoms. The molecule has 0 unspecified atom stereocenters. The third-order valence-corrected chi connectivity index (χ3v) is 3.63. The highest BCUT2D eigenvalue weighted by Crippen LogP contribution is 2.36. The largest absolute Gasteiger partial charge is 0.417 e. The van der Waals surface area contributed by atoms with Crippen molar-refractivity contribution in [1.82, 2.24) is 5.32 Å². The van der Waals surface area contributed by atoms with Gasteiger partial charge in [-0.1, -0.05) is 41.4 Å². The van der Waals surface area contributed by atoms with Crippen LogP contribution in [0.15, 0.2) is 42.5 Å². The molecule has 1 amide bonds. The van der Waals surface area contributed by atoms with Crippen molar-refractivity contribution in [3.8, 4) is 0 Å². The van der Waals surface area contributed by atoms with Crippen molar-refractivity contribution in [2.45, 2.75) is 19.6 Å². The van der Waals surface area contributed by atoms with E-state index in [4.69, 9.17) is 11.6 Å². The molecule has 0 saturated carbocycles. The molecule has 2 aromatic rings. The van der Waals surface area contributed by atoms with E-state index in [1.165, 1.54) is 6.07 Å². The number of hydrogen-bond acceptors (Lipinski definition) is 2. The highest BCUT2D eigenvalue weighted by atomic mass is 35.5. The maximum absolute atomic E-state index is 12.8. The van der Waals surface area contributed by atoms with Gasteiger partial charge < -0.3 is 10.6 Å². The Hall–Kier alpha value is -2.21. The van der Waals surface area contributed by atoms with Crippen LogP contribution in [0.5, 0.6) is 0 Å². The van der Waals surface area contributed by atoms with E-state index in [0.717, 1.165) is 23.3 Å². The van der Waals surface area contributed by atoms with Gasteiger partial charge in [-0.15, -0.1) is 0 Å². The highest BCUT2D eigenvalue weighted by Gasteiger charge is 2.33. The van der Waals surface area contributed by atoms with Gasteiger partial charge in [0.1, 0.15) is 0 Å². The van der Waals surface area contributed by atoms with Crippen LogP contribution in [0.3, 0.4) is 0 Å². The number of benzene rings is 2. The maximum atomic E-state index is 12.8. The Labute approximate surface area is 142 Å². The van der Waals surface area contributed by atoms with Gasteiger partial charge in [-0.05, 0) is 30.7 Å². The smallest absolute Gasteiger partial charge is 0.376 e. The minimum atomic E-state index is -4.54. The Morgan fingerprint density at radius 3 is 2.58 bits per heavy atom. The number of hydrogen-bond donors (Lipinski definition) is 2. The first-order chi connectivity index (χ1) is 11.3. The van der Waals surface area contributed by atoms with Crippen molar-refractivity contribution < 1.29 is 18.0 Å². The molecular weight excluding hydrogens is 341 g/mol. The second kappa shape index (κ2) is 7.57. The molecule has 3 nitrogen and oxygen atoms in total. The Kier molecular flexibility index (Phi) is 5.72. The SMILES string of the molecule is Cc1cccc(CNC(=O)CNc2ccc(Cl)c(C(F)(F)F)c2)c1. The lowest BCUT2D eigenvalue weighted by Gasteiger charge is -2.12. The summed E-state index contributed by atoms with van der Waals surface area (Å²) in [6.07, 6.45) is -4.54. The number of carbonyl (C=O) groups is 1. The number of halogens is 4. The first-order valence-corrected chi connectivity index (χ1v) is 7.56. The molecule has 2 rings (SSSR count). The fraction of sp³-hybridized carbons (Fsp3) is 0.235. The van der Waals surface area contributed by atoms with Crippen molar-refractivity contribution in [2.24, 2.45) is 0 Å². The summed E-state index contributed by atoms with van der Waals surface area (Å²) in [4.78, 5) is 11.8. The van der Waals surface area contributed by atoms with Gasteiger partial charge >= 0.3 is 6.18 Å². The summed E-state index contributed by atoms with van der Waals surface area (Å²) >= 11 is 5.55. The minimum absolute atomic E-state index is 0.134. The average molecular weight is 357 g/mol. The normalized spacial score (nSPS) is 11.2. The van der Waals surface area contributed by atoms with Crippen LogP contribution in [-0.2, 0) is 17.5 Å². The minimum Gasteiger partial charge on any atom is -0.376 e. The molecule has 0 bridgehead atoms. The number of anilines is 1. The quantitative estimate of drug-likeness (QED) is 0.834. The van der Waals surface area contributed by atoms with Crippen LogP contribution in [0.2, 0.25) is 5.02 Å². The summed E-state index contributed by atoms with van der Waals surface area (Å²) in [5.41, 5.74) is 1.28. The van der Waals surface area contributed by atoms with Gasteiger partial charge in [0.05, 0.1) is 17.1 Å². The molecule has 0 aliphatic heterocycles. The number of amides is 1. The molecule has 0 aliphatic carbocycles. The summed E-state index contributed by atoms with van der Waals surface area (Å²) in [6, 6.07) is 11.1. The van der Waals surface area contributed by atoms with Crippen molar-refractivity contribution in [2.75, 3.05) is 11.9 Å². The van der Waals surface area contributed by atoms with Crippen LogP contribution in [0.4, 0.5) is 18.9 Å². The topological polar surface area (TPSA) is 41.1 Å². The predicted octanol–water partition coefficient (Wildman–Crippen LogP) is 4.40. The van der Waals surface area contributed by atoms with Gasteiger partial charge in [0.2, 0.25) is 5.91 Å². The number of rotatable bonds is 5. The maximum Gasteiger partial charge on any atom is 0.417 e. The molecule has 0 atom stereocenters. The lowest BCUT2D eigenvalue weighted by Crippen LogP contribution is -2.29. The summed E-state index contributed by atoms with van der Waals surface area (Å²) in [6.45, 7) is 2.17. The fourth-order valence-electron chi connectivity index (χ4n) is 2.12. The van der Waals surface area contributed by atoms with Crippen LogP contribution in [-0.4, -0.2) is 12.5 Å². The first-order valence-electron chi connectivity index (χ1n) is 7.18. The molecule has 2 aromatic carbocycles. The lowest BCUT2D eigenvalue weighted by atomic mass is 10.1. The zero-order valence-corrected chi connectivity index (χ0v) is 13.6. The fourth-order valence-corrected chi connectivity index (χ4v) is 2.34. The van der Waals surface area contributed by atoms with Crippen LogP contribution in [0, 0.1) is 6.92 Å².